The number of benzene rings is 1. The van der Waals surface area contributed by atoms with E-state index in [4.69, 9.17) is 10.5 Å². The van der Waals surface area contributed by atoms with Crippen LogP contribution in [0, 0.1) is 0 Å². The average Bonchev–Trinajstić information content (AvgIpc) is 2.38. The molecule has 0 unspecified atom stereocenters. The summed E-state index contributed by atoms with van der Waals surface area (Å²) in [5.74, 6) is 0.415. The van der Waals surface area contributed by atoms with Crippen LogP contribution in [0.25, 0.3) is 0 Å². The van der Waals surface area contributed by atoms with E-state index in [0.717, 1.165) is 5.56 Å². The number of nitrogens with two attached hydrogens (primary N) is 1. The summed E-state index contributed by atoms with van der Waals surface area (Å²) in [5, 5.41) is 0. The van der Waals surface area contributed by atoms with Gasteiger partial charge in [-0.2, -0.15) is 0 Å². The minimum Gasteiger partial charge on any atom is -0.398 e. The van der Waals surface area contributed by atoms with E-state index < -0.39 is 0 Å². The Balaban J connectivity index is 2.18. The number of nitrogens with zero attached hydrogens (tertiary/aromatic N) is 1. The van der Waals surface area contributed by atoms with Crippen LogP contribution in [0.3, 0.4) is 0 Å². The van der Waals surface area contributed by atoms with E-state index in [1.54, 1.807) is 6.07 Å². The first kappa shape index (κ1) is 12.9. The van der Waals surface area contributed by atoms with Gasteiger partial charge in [0.1, 0.15) is 0 Å². The van der Waals surface area contributed by atoms with Crippen LogP contribution in [0.15, 0.2) is 18.2 Å². The highest BCUT2D eigenvalue weighted by molar-refractivity contribution is 5.95. The van der Waals surface area contributed by atoms with Crippen LogP contribution in [-0.4, -0.2) is 37.1 Å². The van der Waals surface area contributed by atoms with Crippen molar-refractivity contribution >= 4 is 11.6 Å². The Morgan fingerprint density at radius 3 is 2.56 bits per heavy atom. The molecule has 0 bridgehead atoms. The SMILES string of the molecule is CC(C)c1ccc(C(=O)N2CCOCC2)cc1N. The van der Waals surface area contributed by atoms with Gasteiger partial charge in [-0.3, -0.25) is 4.79 Å². The van der Waals surface area contributed by atoms with Crippen LogP contribution in [0.1, 0.15) is 35.7 Å². The predicted octanol–water partition coefficient (Wildman–Crippen LogP) is 1.86. The number of morpholine rings is 1. The lowest BCUT2D eigenvalue weighted by molar-refractivity contribution is 0.0303. The highest BCUT2D eigenvalue weighted by atomic mass is 16.5. The molecule has 98 valence electrons. The van der Waals surface area contributed by atoms with Gasteiger partial charge >= 0.3 is 0 Å². The van der Waals surface area contributed by atoms with E-state index in [1.165, 1.54) is 0 Å². The lowest BCUT2D eigenvalue weighted by Gasteiger charge is -2.27. The number of hydrogen-bond donors (Lipinski definition) is 1. The second-order valence-corrected chi connectivity index (χ2v) is 4.90. The molecule has 1 amide bonds. The van der Waals surface area contributed by atoms with Crippen molar-refractivity contribution < 1.29 is 9.53 Å². The number of carbonyl (C=O) groups excluding carboxylic acids is 1. The fourth-order valence-corrected chi connectivity index (χ4v) is 2.18. The Morgan fingerprint density at radius 2 is 2.00 bits per heavy atom. The lowest BCUT2D eigenvalue weighted by Crippen LogP contribution is -2.40. The molecule has 18 heavy (non-hydrogen) atoms. The first-order valence-corrected chi connectivity index (χ1v) is 6.36. The van der Waals surface area contributed by atoms with Crippen LogP contribution in [0.4, 0.5) is 5.69 Å². The maximum Gasteiger partial charge on any atom is 0.254 e. The van der Waals surface area contributed by atoms with Gasteiger partial charge in [0.05, 0.1) is 13.2 Å². The van der Waals surface area contributed by atoms with Gasteiger partial charge in [0.2, 0.25) is 0 Å². The summed E-state index contributed by atoms with van der Waals surface area (Å²) in [4.78, 5) is 14.1. The van der Waals surface area contributed by atoms with Crippen molar-refractivity contribution in [2.24, 2.45) is 0 Å². The van der Waals surface area contributed by atoms with E-state index in [9.17, 15) is 4.79 Å². The minimum absolute atomic E-state index is 0.0420. The summed E-state index contributed by atoms with van der Waals surface area (Å²) >= 11 is 0. The van der Waals surface area contributed by atoms with Crippen molar-refractivity contribution in [2.45, 2.75) is 19.8 Å². The normalized spacial score (nSPS) is 16.1. The van der Waals surface area contributed by atoms with Gasteiger partial charge in [0, 0.05) is 24.3 Å². The summed E-state index contributed by atoms with van der Waals surface area (Å²) in [6, 6.07) is 5.60. The van der Waals surface area contributed by atoms with Gasteiger partial charge in [-0.1, -0.05) is 19.9 Å². The molecule has 0 saturated carbocycles. The van der Waals surface area contributed by atoms with Gasteiger partial charge in [0.25, 0.3) is 5.91 Å². The number of rotatable bonds is 2. The van der Waals surface area contributed by atoms with Gasteiger partial charge in [-0.05, 0) is 23.6 Å². The quantitative estimate of drug-likeness (QED) is 0.813. The molecule has 0 spiro atoms. The molecule has 2 N–H and O–H groups in total. The predicted molar refractivity (Wildman–Crippen MR) is 71.7 cm³/mol. The van der Waals surface area contributed by atoms with Crippen molar-refractivity contribution in [3.8, 4) is 0 Å². The smallest absolute Gasteiger partial charge is 0.254 e. The van der Waals surface area contributed by atoms with E-state index in [-0.39, 0.29) is 5.91 Å². The van der Waals surface area contributed by atoms with Crippen LogP contribution in [-0.2, 0) is 4.74 Å². The highest BCUT2D eigenvalue weighted by Gasteiger charge is 2.19. The molecule has 0 atom stereocenters. The highest BCUT2D eigenvalue weighted by Crippen LogP contribution is 2.23. The van der Waals surface area contributed by atoms with E-state index in [0.29, 0.717) is 43.5 Å². The van der Waals surface area contributed by atoms with Crippen molar-refractivity contribution in [2.75, 3.05) is 32.0 Å². The van der Waals surface area contributed by atoms with Crippen LogP contribution < -0.4 is 5.73 Å². The number of anilines is 1. The molecule has 1 heterocycles. The zero-order chi connectivity index (χ0) is 13.1. The molecule has 1 aliphatic heterocycles. The number of hydrogen-bond acceptors (Lipinski definition) is 3. The van der Waals surface area contributed by atoms with Gasteiger partial charge in [-0.15, -0.1) is 0 Å². The van der Waals surface area contributed by atoms with Gasteiger partial charge < -0.3 is 15.4 Å². The number of nitrogen functional groups attached to an aromatic ring is 1. The first-order chi connectivity index (χ1) is 8.59. The molecular formula is C14H20N2O2. The fraction of sp³-hybridized carbons (Fsp3) is 0.500. The van der Waals surface area contributed by atoms with Crippen LogP contribution >= 0.6 is 0 Å². The van der Waals surface area contributed by atoms with Crippen molar-refractivity contribution in [1.29, 1.82) is 0 Å². The Morgan fingerprint density at radius 1 is 1.33 bits per heavy atom. The average molecular weight is 248 g/mol. The summed E-state index contributed by atoms with van der Waals surface area (Å²) in [5.41, 5.74) is 8.45. The standard InChI is InChI=1S/C14H20N2O2/c1-10(2)12-4-3-11(9-13(12)15)14(17)16-5-7-18-8-6-16/h3-4,9-10H,5-8,15H2,1-2H3. The van der Waals surface area contributed by atoms with E-state index in [1.807, 2.05) is 17.0 Å². The topological polar surface area (TPSA) is 55.6 Å². The number of carbonyl (C=O) groups is 1. The van der Waals surface area contributed by atoms with Crippen molar-refractivity contribution in [3.63, 3.8) is 0 Å². The van der Waals surface area contributed by atoms with Crippen molar-refractivity contribution in [3.05, 3.63) is 29.3 Å². The largest absolute Gasteiger partial charge is 0.398 e. The van der Waals surface area contributed by atoms with Crippen LogP contribution in [0.5, 0.6) is 0 Å². The zero-order valence-corrected chi connectivity index (χ0v) is 11.0. The Labute approximate surface area is 108 Å². The Bertz CT molecular complexity index is 437. The van der Waals surface area contributed by atoms with Gasteiger partial charge in [-0.25, -0.2) is 0 Å². The molecule has 1 aromatic carbocycles. The van der Waals surface area contributed by atoms with E-state index >= 15 is 0 Å². The molecule has 0 aliphatic carbocycles. The fourth-order valence-electron chi connectivity index (χ4n) is 2.18. The molecule has 0 radical (unpaired) electrons. The third-order valence-electron chi connectivity index (χ3n) is 3.25. The van der Waals surface area contributed by atoms with Crippen LogP contribution in [0.2, 0.25) is 0 Å². The molecule has 0 aromatic heterocycles. The summed E-state index contributed by atoms with van der Waals surface area (Å²) in [6.07, 6.45) is 0. The monoisotopic (exact) mass is 248 g/mol. The number of ether oxygens (including phenoxy) is 1. The number of amides is 1. The molecule has 4 heteroatoms. The van der Waals surface area contributed by atoms with E-state index in [2.05, 4.69) is 13.8 Å². The molecule has 1 aromatic rings. The maximum absolute atomic E-state index is 12.2. The second kappa shape index (κ2) is 5.40. The molecule has 1 fully saturated rings. The maximum atomic E-state index is 12.2. The Hall–Kier alpha value is -1.55. The third kappa shape index (κ3) is 2.64. The second-order valence-electron chi connectivity index (χ2n) is 4.90. The first-order valence-electron chi connectivity index (χ1n) is 6.36. The van der Waals surface area contributed by atoms with Crippen molar-refractivity contribution in [1.82, 2.24) is 4.90 Å². The summed E-state index contributed by atoms with van der Waals surface area (Å²) in [7, 11) is 0. The zero-order valence-electron chi connectivity index (χ0n) is 11.0. The molecule has 1 saturated heterocycles. The summed E-state index contributed by atoms with van der Waals surface area (Å²) in [6.45, 7) is 6.73. The third-order valence-corrected chi connectivity index (χ3v) is 3.25. The van der Waals surface area contributed by atoms with Gasteiger partial charge in [0.15, 0.2) is 0 Å². The molecule has 2 rings (SSSR count). The molecule has 4 nitrogen and oxygen atoms in total. The minimum atomic E-state index is 0.0420. The molecular weight excluding hydrogens is 228 g/mol. The summed E-state index contributed by atoms with van der Waals surface area (Å²) < 4.78 is 5.24. The molecule has 1 aliphatic rings. The Kier molecular flexibility index (Phi) is 3.87. The lowest BCUT2D eigenvalue weighted by atomic mass is 9.99.